The molecule has 0 aliphatic heterocycles. The van der Waals surface area contributed by atoms with Crippen LogP contribution in [0.3, 0.4) is 0 Å². The standard InChI is InChI=1S/C19H23N5O2S/c1-5-19(26)9-8-12-6-7-14(21-15(12)19)24-16-13(10-20-18(22-16)27-4)17(25)23(24)11(2)3/h6-7,10-11,26H,5,8-9H2,1-4H3. The van der Waals surface area contributed by atoms with Crippen molar-refractivity contribution in [3.63, 3.8) is 0 Å². The molecule has 0 bridgehead atoms. The number of rotatable bonds is 4. The van der Waals surface area contributed by atoms with E-state index < -0.39 is 5.60 Å². The molecule has 1 atom stereocenters. The molecule has 8 heteroatoms. The molecule has 1 N–H and O–H groups in total. The number of aryl methyl sites for hydroxylation is 1. The number of aromatic nitrogens is 5. The third-order valence-electron chi connectivity index (χ3n) is 5.29. The van der Waals surface area contributed by atoms with Crippen LogP contribution in [0.4, 0.5) is 0 Å². The highest BCUT2D eigenvalue weighted by Gasteiger charge is 2.37. The smallest absolute Gasteiger partial charge is 0.278 e. The number of hydrogen-bond acceptors (Lipinski definition) is 6. The third-order valence-corrected chi connectivity index (χ3v) is 5.85. The Balaban J connectivity index is 2.03. The highest BCUT2D eigenvalue weighted by molar-refractivity contribution is 7.98. The lowest BCUT2D eigenvalue weighted by atomic mass is 9.98. The molecule has 0 saturated heterocycles. The molecule has 3 heterocycles. The van der Waals surface area contributed by atoms with Crippen molar-refractivity contribution >= 4 is 22.8 Å². The predicted octanol–water partition coefficient (Wildman–Crippen LogP) is 2.82. The fourth-order valence-electron chi connectivity index (χ4n) is 3.77. The van der Waals surface area contributed by atoms with E-state index in [1.807, 2.05) is 39.2 Å². The number of nitrogens with zero attached hydrogens (tertiary/aromatic N) is 5. The van der Waals surface area contributed by atoms with Crippen molar-refractivity contribution in [2.75, 3.05) is 6.26 Å². The van der Waals surface area contributed by atoms with Crippen molar-refractivity contribution in [1.29, 1.82) is 0 Å². The number of hydrogen-bond donors (Lipinski definition) is 1. The second kappa shape index (κ2) is 6.45. The van der Waals surface area contributed by atoms with Gasteiger partial charge in [0, 0.05) is 12.2 Å². The Kier molecular flexibility index (Phi) is 4.35. The zero-order valence-corrected chi connectivity index (χ0v) is 16.7. The molecule has 0 radical (unpaired) electrons. The molecule has 0 spiro atoms. The number of fused-ring (bicyclic) bond motifs is 2. The fourth-order valence-corrected chi connectivity index (χ4v) is 4.11. The Morgan fingerprint density at radius 1 is 1.33 bits per heavy atom. The van der Waals surface area contributed by atoms with Gasteiger partial charge in [0.05, 0.1) is 5.69 Å². The molecule has 27 heavy (non-hydrogen) atoms. The molecule has 3 aromatic heterocycles. The lowest BCUT2D eigenvalue weighted by molar-refractivity contribution is 0.0305. The Morgan fingerprint density at radius 2 is 2.11 bits per heavy atom. The van der Waals surface area contributed by atoms with Gasteiger partial charge in [-0.3, -0.25) is 4.79 Å². The van der Waals surface area contributed by atoms with Crippen molar-refractivity contribution < 1.29 is 5.11 Å². The Morgan fingerprint density at radius 3 is 2.78 bits per heavy atom. The highest BCUT2D eigenvalue weighted by Crippen LogP contribution is 2.38. The largest absolute Gasteiger partial charge is 0.384 e. The summed E-state index contributed by atoms with van der Waals surface area (Å²) in [4.78, 5) is 26.6. The maximum Gasteiger partial charge on any atom is 0.278 e. The second-order valence-corrected chi connectivity index (χ2v) is 7.98. The molecular formula is C19H23N5O2S. The van der Waals surface area contributed by atoms with E-state index in [1.54, 1.807) is 15.6 Å². The summed E-state index contributed by atoms with van der Waals surface area (Å²) in [6.45, 7) is 5.88. The third kappa shape index (κ3) is 2.70. The minimum absolute atomic E-state index is 0.0791. The zero-order chi connectivity index (χ0) is 19.3. The lowest BCUT2D eigenvalue weighted by Crippen LogP contribution is -2.26. The first-order chi connectivity index (χ1) is 12.9. The highest BCUT2D eigenvalue weighted by atomic mass is 32.2. The monoisotopic (exact) mass is 385 g/mol. The van der Waals surface area contributed by atoms with E-state index in [9.17, 15) is 9.90 Å². The van der Waals surface area contributed by atoms with Crippen LogP contribution in [0.5, 0.6) is 0 Å². The van der Waals surface area contributed by atoms with Crippen LogP contribution >= 0.6 is 11.8 Å². The number of aliphatic hydroxyl groups is 1. The second-order valence-electron chi connectivity index (χ2n) is 7.21. The summed E-state index contributed by atoms with van der Waals surface area (Å²) in [6.07, 6.45) is 5.59. The van der Waals surface area contributed by atoms with Crippen LogP contribution in [0.25, 0.3) is 16.9 Å². The van der Waals surface area contributed by atoms with Gasteiger partial charge >= 0.3 is 0 Å². The quantitative estimate of drug-likeness (QED) is 0.549. The molecule has 0 saturated carbocycles. The average Bonchev–Trinajstić information content (AvgIpc) is 3.16. The van der Waals surface area contributed by atoms with Gasteiger partial charge in [-0.05, 0) is 51.0 Å². The summed E-state index contributed by atoms with van der Waals surface area (Å²) in [5, 5.41) is 12.0. The molecule has 0 fully saturated rings. The van der Waals surface area contributed by atoms with Crippen LogP contribution in [-0.2, 0) is 12.0 Å². The van der Waals surface area contributed by atoms with E-state index in [2.05, 4.69) is 9.97 Å². The molecule has 7 nitrogen and oxygen atoms in total. The minimum atomic E-state index is -0.906. The zero-order valence-electron chi connectivity index (χ0n) is 15.9. The summed E-state index contributed by atoms with van der Waals surface area (Å²) in [7, 11) is 0. The van der Waals surface area contributed by atoms with E-state index in [0.717, 1.165) is 12.0 Å². The fraction of sp³-hybridized carbons (Fsp3) is 0.474. The molecule has 1 aliphatic rings. The van der Waals surface area contributed by atoms with Gasteiger partial charge in [-0.1, -0.05) is 24.8 Å². The van der Waals surface area contributed by atoms with E-state index >= 15 is 0 Å². The summed E-state index contributed by atoms with van der Waals surface area (Å²) >= 11 is 1.43. The van der Waals surface area contributed by atoms with Gasteiger partial charge in [0.15, 0.2) is 16.6 Å². The van der Waals surface area contributed by atoms with Crippen molar-refractivity contribution in [1.82, 2.24) is 24.3 Å². The maximum atomic E-state index is 13.0. The Labute approximate surface area is 161 Å². The predicted molar refractivity (Wildman–Crippen MR) is 106 cm³/mol. The SMILES string of the molecule is CCC1(O)CCc2ccc(-n3c4nc(SC)ncc4c(=O)n3C(C)C)nc21. The van der Waals surface area contributed by atoms with Crippen LogP contribution in [0.1, 0.15) is 50.9 Å². The molecular weight excluding hydrogens is 362 g/mol. The molecule has 1 unspecified atom stereocenters. The summed E-state index contributed by atoms with van der Waals surface area (Å²) in [6, 6.07) is 3.83. The van der Waals surface area contributed by atoms with Crippen molar-refractivity contribution in [2.45, 2.75) is 56.8 Å². The molecule has 0 aromatic carbocycles. The first-order valence-electron chi connectivity index (χ1n) is 9.17. The molecule has 4 rings (SSSR count). The first kappa shape index (κ1) is 18.2. The van der Waals surface area contributed by atoms with Crippen LogP contribution in [0.15, 0.2) is 28.3 Å². The van der Waals surface area contributed by atoms with Gasteiger partial charge in [0.2, 0.25) is 0 Å². The molecule has 142 valence electrons. The lowest BCUT2D eigenvalue weighted by Gasteiger charge is -2.22. The normalized spacial score (nSPS) is 19.2. The Hall–Kier alpha value is -2.19. The number of thioether (sulfide) groups is 1. The molecule has 0 amide bonds. The van der Waals surface area contributed by atoms with Crippen molar-refractivity contribution in [3.05, 3.63) is 39.9 Å². The number of pyridine rings is 1. The van der Waals surface area contributed by atoms with Crippen molar-refractivity contribution in [3.8, 4) is 5.82 Å². The van der Waals surface area contributed by atoms with Crippen LogP contribution in [0, 0.1) is 0 Å². The van der Waals surface area contributed by atoms with Gasteiger partial charge in [-0.2, -0.15) is 0 Å². The maximum absolute atomic E-state index is 13.0. The van der Waals surface area contributed by atoms with Gasteiger partial charge < -0.3 is 5.11 Å². The molecule has 3 aromatic rings. The molecule has 1 aliphatic carbocycles. The van der Waals surface area contributed by atoms with Gasteiger partial charge in [-0.25, -0.2) is 24.3 Å². The topological polar surface area (TPSA) is 85.8 Å². The van der Waals surface area contributed by atoms with E-state index in [1.165, 1.54) is 11.8 Å². The summed E-state index contributed by atoms with van der Waals surface area (Å²) in [5.74, 6) is 0.592. The van der Waals surface area contributed by atoms with E-state index in [0.29, 0.717) is 40.5 Å². The van der Waals surface area contributed by atoms with Crippen LogP contribution < -0.4 is 5.56 Å². The minimum Gasteiger partial charge on any atom is -0.384 e. The van der Waals surface area contributed by atoms with Gasteiger partial charge in [0.25, 0.3) is 5.56 Å². The Bertz CT molecular complexity index is 1090. The average molecular weight is 385 g/mol. The van der Waals surface area contributed by atoms with E-state index in [4.69, 9.17) is 4.98 Å². The van der Waals surface area contributed by atoms with Gasteiger partial charge in [0.1, 0.15) is 11.0 Å². The van der Waals surface area contributed by atoms with Crippen LogP contribution in [-0.4, -0.2) is 35.7 Å². The first-order valence-corrected chi connectivity index (χ1v) is 10.4. The summed E-state index contributed by atoms with van der Waals surface area (Å²) < 4.78 is 3.41. The van der Waals surface area contributed by atoms with Crippen molar-refractivity contribution in [2.24, 2.45) is 0 Å². The van der Waals surface area contributed by atoms with Crippen LogP contribution in [0.2, 0.25) is 0 Å². The van der Waals surface area contributed by atoms with Gasteiger partial charge in [-0.15, -0.1) is 0 Å². The summed E-state index contributed by atoms with van der Waals surface area (Å²) in [5.41, 5.74) is 1.28. The van der Waals surface area contributed by atoms with E-state index in [-0.39, 0.29) is 11.6 Å².